The second kappa shape index (κ2) is 7.67. The van der Waals surface area contributed by atoms with E-state index in [-0.39, 0.29) is 11.6 Å². The van der Waals surface area contributed by atoms with E-state index in [2.05, 4.69) is 20.2 Å². The highest BCUT2D eigenvalue weighted by Gasteiger charge is 2.24. The van der Waals surface area contributed by atoms with Crippen LogP contribution in [0.25, 0.3) is 10.9 Å². The first-order valence-electron chi connectivity index (χ1n) is 8.93. The largest absolute Gasteiger partial charge is 0.356 e. The molecule has 28 heavy (non-hydrogen) atoms. The fourth-order valence-electron chi connectivity index (χ4n) is 3.45. The number of amides is 1. The molecule has 0 saturated carbocycles. The van der Waals surface area contributed by atoms with Gasteiger partial charge in [0.15, 0.2) is 11.6 Å². The number of carbonyl (C=O) groups excluding carboxylic acids is 1. The summed E-state index contributed by atoms with van der Waals surface area (Å²) in [7, 11) is 0. The third-order valence-electron chi connectivity index (χ3n) is 4.90. The monoisotopic (exact) mass is 402 g/mol. The van der Waals surface area contributed by atoms with Gasteiger partial charge in [-0.2, -0.15) is 0 Å². The van der Waals surface area contributed by atoms with Crippen LogP contribution in [0.1, 0.15) is 23.2 Å². The molecule has 1 saturated heterocycles. The molecular weight excluding hydrogens is 386 g/mol. The number of hydrogen-bond acceptors (Lipinski definition) is 4. The van der Waals surface area contributed by atoms with E-state index in [1.54, 1.807) is 12.1 Å². The van der Waals surface area contributed by atoms with Gasteiger partial charge in [-0.3, -0.25) is 4.79 Å². The molecule has 1 aliphatic rings. The highest BCUT2D eigenvalue weighted by atomic mass is 35.5. The molecule has 0 atom stereocenters. The van der Waals surface area contributed by atoms with Gasteiger partial charge in [0.25, 0.3) is 5.91 Å². The van der Waals surface area contributed by atoms with Gasteiger partial charge in [0.05, 0.1) is 11.1 Å². The number of nitrogens with zero attached hydrogens (tertiary/aromatic N) is 3. The molecule has 0 radical (unpaired) electrons. The minimum Gasteiger partial charge on any atom is -0.356 e. The highest BCUT2D eigenvalue weighted by molar-refractivity contribution is 6.31. The van der Waals surface area contributed by atoms with E-state index < -0.39 is 17.5 Å². The van der Waals surface area contributed by atoms with E-state index in [1.807, 2.05) is 6.07 Å². The lowest BCUT2D eigenvalue weighted by molar-refractivity contribution is 0.0926. The smallest absolute Gasteiger partial charge is 0.254 e. The van der Waals surface area contributed by atoms with Crippen LogP contribution in [0, 0.1) is 11.6 Å². The standard InChI is InChI=1S/C20H17ClF2N4O/c21-12-4-5-14-17(10-12)24-11-25-19(14)27-8-6-13(7-9-27)26-20(28)15-2-1-3-16(22)18(15)23/h1-5,10-11,13H,6-9H2,(H,26,28). The Hall–Kier alpha value is -2.80. The Bertz CT molecular complexity index is 1040. The number of anilines is 1. The lowest BCUT2D eigenvalue weighted by Gasteiger charge is -2.33. The van der Waals surface area contributed by atoms with Gasteiger partial charge in [0.1, 0.15) is 12.1 Å². The van der Waals surface area contributed by atoms with E-state index in [0.29, 0.717) is 31.0 Å². The lowest BCUT2D eigenvalue weighted by Crippen LogP contribution is -2.45. The summed E-state index contributed by atoms with van der Waals surface area (Å²) in [4.78, 5) is 23.1. The summed E-state index contributed by atoms with van der Waals surface area (Å²) >= 11 is 6.03. The third-order valence-corrected chi connectivity index (χ3v) is 5.14. The predicted molar refractivity (Wildman–Crippen MR) is 104 cm³/mol. The molecule has 0 aliphatic carbocycles. The Balaban J connectivity index is 1.44. The first-order chi connectivity index (χ1) is 13.5. The molecule has 2 heterocycles. The molecule has 0 unspecified atom stereocenters. The van der Waals surface area contributed by atoms with Crippen molar-refractivity contribution in [1.82, 2.24) is 15.3 Å². The van der Waals surface area contributed by atoms with Crippen molar-refractivity contribution in [2.75, 3.05) is 18.0 Å². The van der Waals surface area contributed by atoms with E-state index in [0.717, 1.165) is 22.8 Å². The number of piperidine rings is 1. The van der Waals surface area contributed by atoms with Crippen LogP contribution in [0.2, 0.25) is 5.02 Å². The molecule has 4 rings (SSSR count). The molecule has 8 heteroatoms. The van der Waals surface area contributed by atoms with Crippen molar-refractivity contribution in [3.05, 3.63) is 64.9 Å². The van der Waals surface area contributed by atoms with Gasteiger partial charge >= 0.3 is 0 Å². The van der Waals surface area contributed by atoms with E-state index >= 15 is 0 Å². The Morgan fingerprint density at radius 2 is 1.93 bits per heavy atom. The Morgan fingerprint density at radius 1 is 1.14 bits per heavy atom. The number of aromatic nitrogens is 2. The Labute approximate surface area is 165 Å². The first-order valence-corrected chi connectivity index (χ1v) is 9.31. The third kappa shape index (κ3) is 3.62. The van der Waals surface area contributed by atoms with Gasteiger partial charge in [-0.25, -0.2) is 18.7 Å². The average Bonchev–Trinajstić information content (AvgIpc) is 2.70. The fourth-order valence-corrected chi connectivity index (χ4v) is 3.61. The Kier molecular flexibility index (Phi) is 5.09. The summed E-state index contributed by atoms with van der Waals surface area (Å²) in [5, 5.41) is 4.32. The van der Waals surface area contributed by atoms with E-state index in [1.165, 1.54) is 18.5 Å². The maximum absolute atomic E-state index is 13.8. The molecule has 1 fully saturated rings. The van der Waals surface area contributed by atoms with E-state index in [4.69, 9.17) is 11.6 Å². The van der Waals surface area contributed by atoms with Crippen molar-refractivity contribution < 1.29 is 13.6 Å². The van der Waals surface area contributed by atoms with Gasteiger partial charge < -0.3 is 10.2 Å². The van der Waals surface area contributed by atoms with Crippen molar-refractivity contribution in [3.63, 3.8) is 0 Å². The predicted octanol–water partition coefficient (Wildman–Crippen LogP) is 3.96. The number of carbonyl (C=O) groups is 1. The quantitative estimate of drug-likeness (QED) is 0.720. The van der Waals surface area contributed by atoms with Crippen LogP contribution in [0.5, 0.6) is 0 Å². The van der Waals surface area contributed by atoms with Crippen LogP contribution in [0.3, 0.4) is 0 Å². The molecule has 1 amide bonds. The van der Waals surface area contributed by atoms with Crippen molar-refractivity contribution >= 4 is 34.2 Å². The molecule has 144 valence electrons. The normalized spacial score (nSPS) is 15.0. The van der Waals surface area contributed by atoms with Crippen LogP contribution >= 0.6 is 11.6 Å². The fraction of sp³-hybridized carbons (Fsp3) is 0.250. The van der Waals surface area contributed by atoms with Crippen molar-refractivity contribution in [2.45, 2.75) is 18.9 Å². The number of nitrogens with one attached hydrogen (secondary N) is 1. The van der Waals surface area contributed by atoms with Gasteiger partial charge in [-0.1, -0.05) is 17.7 Å². The molecule has 5 nitrogen and oxygen atoms in total. The lowest BCUT2D eigenvalue weighted by atomic mass is 10.0. The number of benzene rings is 2. The average molecular weight is 403 g/mol. The summed E-state index contributed by atoms with van der Waals surface area (Å²) in [6.45, 7) is 1.34. The maximum atomic E-state index is 13.8. The first kappa shape index (κ1) is 18.6. The summed E-state index contributed by atoms with van der Waals surface area (Å²) in [6, 6.07) is 8.97. The van der Waals surface area contributed by atoms with Crippen molar-refractivity contribution in [3.8, 4) is 0 Å². The summed E-state index contributed by atoms with van der Waals surface area (Å²) in [5.41, 5.74) is 0.496. The zero-order valence-electron chi connectivity index (χ0n) is 14.8. The van der Waals surface area contributed by atoms with Gasteiger partial charge in [-0.15, -0.1) is 0 Å². The molecule has 1 N–H and O–H groups in total. The number of fused-ring (bicyclic) bond motifs is 1. The second-order valence-corrected chi connectivity index (χ2v) is 7.13. The van der Waals surface area contributed by atoms with Crippen LogP contribution < -0.4 is 10.2 Å². The summed E-state index contributed by atoms with van der Waals surface area (Å²) in [6.07, 6.45) is 2.85. The summed E-state index contributed by atoms with van der Waals surface area (Å²) < 4.78 is 27.1. The molecule has 1 aromatic heterocycles. The SMILES string of the molecule is O=C(NC1CCN(c2ncnc3cc(Cl)ccc23)CC1)c1cccc(F)c1F. The zero-order chi connectivity index (χ0) is 19.7. The molecule has 0 spiro atoms. The van der Waals surface area contributed by atoms with E-state index in [9.17, 15) is 13.6 Å². The van der Waals surface area contributed by atoms with Crippen LogP contribution in [-0.2, 0) is 0 Å². The van der Waals surface area contributed by atoms with Crippen LogP contribution in [0.15, 0.2) is 42.7 Å². The maximum Gasteiger partial charge on any atom is 0.254 e. The van der Waals surface area contributed by atoms with Gasteiger partial charge in [0, 0.05) is 29.5 Å². The Morgan fingerprint density at radius 3 is 2.71 bits per heavy atom. The molecule has 0 bridgehead atoms. The number of halogens is 3. The topological polar surface area (TPSA) is 58.1 Å². The van der Waals surface area contributed by atoms with Gasteiger partial charge in [0.2, 0.25) is 0 Å². The van der Waals surface area contributed by atoms with Crippen LogP contribution in [-0.4, -0.2) is 35.0 Å². The highest BCUT2D eigenvalue weighted by Crippen LogP contribution is 2.27. The number of hydrogen-bond donors (Lipinski definition) is 1. The van der Waals surface area contributed by atoms with Crippen molar-refractivity contribution in [1.29, 1.82) is 0 Å². The van der Waals surface area contributed by atoms with Gasteiger partial charge in [-0.05, 0) is 43.2 Å². The minimum absolute atomic E-state index is 0.117. The molecule has 3 aromatic rings. The van der Waals surface area contributed by atoms with Crippen molar-refractivity contribution in [2.24, 2.45) is 0 Å². The molecular formula is C20H17ClF2N4O. The zero-order valence-corrected chi connectivity index (χ0v) is 15.6. The minimum atomic E-state index is -1.12. The molecule has 1 aliphatic heterocycles. The number of rotatable bonds is 3. The summed E-state index contributed by atoms with van der Waals surface area (Å²) in [5.74, 6) is -1.93. The second-order valence-electron chi connectivity index (χ2n) is 6.69. The van der Waals surface area contributed by atoms with Crippen LogP contribution in [0.4, 0.5) is 14.6 Å². The molecule has 2 aromatic carbocycles.